The van der Waals surface area contributed by atoms with Gasteiger partial charge in [0.1, 0.15) is 57.7 Å². The van der Waals surface area contributed by atoms with Gasteiger partial charge >= 0.3 is 0 Å². The molecule has 3 rings (SSSR count). The molecule has 11 heteroatoms. The van der Waals surface area contributed by atoms with E-state index in [2.05, 4.69) is 30.2 Å². The van der Waals surface area contributed by atoms with Crippen LogP contribution in [-0.2, 0) is 0 Å². The summed E-state index contributed by atoms with van der Waals surface area (Å²) >= 11 is 0. The Morgan fingerprint density at radius 2 is 1.59 bits per heavy atom. The number of hydrogen-bond donors (Lipinski definition) is 1. The zero-order chi connectivity index (χ0) is 21.0. The molecule has 0 unspecified atom stereocenters. The van der Waals surface area contributed by atoms with Crippen molar-refractivity contribution in [2.45, 2.75) is 6.42 Å². The molecular formula is C18H7N11. The lowest BCUT2D eigenvalue weighted by Crippen LogP contribution is -2.03. The molecule has 0 bridgehead atoms. The molecule has 0 aliphatic heterocycles. The van der Waals surface area contributed by atoms with Crippen LogP contribution >= 0.6 is 0 Å². The third kappa shape index (κ3) is 3.06. The van der Waals surface area contributed by atoms with Gasteiger partial charge in [-0.3, -0.25) is 0 Å². The molecule has 3 aromatic rings. The average molecular weight is 377 g/mol. The van der Waals surface area contributed by atoms with Crippen LogP contribution in [0, 0.1) is 56.7 Å². The first kappa shape index (κ1) is 18.6. The minimum atomic E-state index is -0.231. The summed E-state index contributed by atoms with van der Waals surface area (Å²) in [6.07, 6.45) is 0.997. The Balaban J connectivity index is 2.62. The summed E-state index contributed by atoms with van der Waals surface area (Å²) in [5, 5.41) is 48.8. The Hall–Kier alpha value is -5.18. The van der Waals surface area contributed by atoms with Crippen LogP contribution in [0.5, 0.6) is 0 Å². The second-order valence-electron chi connectivity index (χ2n) is 5.38. The first-order valence-corrected chi connectivity index (χ1v) is 7.88. The molecule has 2 heterocycles. The highest BCUT2D eigenvalue weighted by Crippen LogP contribution is 2.39. The van der Waals surface area contributed by atoms with Crippen molar-refractivity contribution in [3.8, 4) is 30.3 Å². The molecule has 2 aromatic heterocycles. The fraction of sp³-hybridized carbons (Fsp3) is 0.111. The monoisotopic (exact) mass is 377 g/mol. The van der Waals surface area contributed by atoms with Crippen molar-refractivity contribution in [3.63, 3.8) is 0 Å². The van der Waals surface area contributed by atoms with Crippen LogP contribution in [0.2, 0.25) is 0 Å². The van der Waals surface area contributed by atoms with Gasteiger partial charge in [-0.15, -0.1) is 0 Å². The maximum atomic E-state index is 9.29. The van der Waals surface area contributed by atoms with E-state index in [9.17, 15) is 21.0 Å². The van der Waals surface area contributed by atoms with Gasteiger partial charge in [-0.25, -0.2) is 24.9 Å². The second-order valence-corrected chi connectivity index (χ2v) is 5.38. The van der Waals surface area contributed by atoms with E-state index in [0.717, 1.165) is 0 Å². The highest BCUT2D eigenvalue weighted by molar-refractivity contribution is 6.15. The quantitative estimate of drug-likeness (QED) is 0.518. The zero-order valence-electron chi connectivity index (χ0n) is 14.8. The third-order valence-corrected chi connectivity index (χ3v) is 3.79. The number of aliphatic imine (C=N–C) groups is 1. The first-order valence-electron chi connectivity index (χ1n) is 7.88. The number of nitrogens with zero attached hydrogens (tertiary/aromatic N) is 10. The Bertz CT molecular complexity index is 1420. The van der Waals surface area contributed by atoms with Crippen LogP contribution in [0.3, 0.4) is 0 Å². The van der Waals surface area contributed by atoms with Crippen LogP contribution < -0.4 is 5.32 Å². The fourth-order valence-electron chi connectivity index (χ4n) is 2.60. The van der Waals surface area contributed by atoms with Crippen molar-refractivity contribution < 1.29 is 0 Å². The van der Waals surface area contributed by atoms with Gasteiger partial charge in [-0.1, -0.05) is 0 Å². The van der Waals surface area contributed by atoms with E-state index in [1.165, 1.54) is 6.20 Å². The van der Waals surface area contributed by atoms with Crippen molar-refractivity contribution in [1.29, 1.82) is 26.3 Å². The van der Waals surface area contributed by atoms with Crippen molar-refractivity contribution in [1.82, 2.24) is 19.9 Å². The number of nitrogens with one attached hydrogen (secondary N) is 1. The molecule has 0 saturated heterocycles. The smallest absolute Gasteiger partial charge is 0.177 e. The van der Waals surface area contributed by atoms with E-state index >= 15 is 0 Å². The highest BCUT2D eigenvalue weighted by atomic mass is 15.0. The number of anilines is 1. The molecule has 0 aliphatic rings. The Morgan fingerprint density at radius 3 is 2.14 bits per heavy atom. The van der Waals surface area contributed by atoms with E-state index < -0.39 is 0 Å². The number of benzene rings is 1. The normalized spacial score (nSPS) is 10.4. The molecule has 0 fully saturated rings. The van der Waals surface area contributed by atoms with Crippen molar-refractivity contribution in [2.75, 3.05) is 12.4 Å². The summed E-state index contributed by atoms with van der Waals surface area (Å²) in [6.45, 7) is 0. The maximum absolute atomic E-state index is 9.29. The molecule has 134 valence electrons. The molecule has 0 aliphatic carbocycles. The molecule has 29 heavy (non-hydrogen) atoms. The summed E-state index contributed by atoms with van der Waals surface area (Å²) in [4.78, 5) is 21.1. The first-order chi connectivity index (χ1) is 14.1. The van der Waals surface area contributed by atoms with E-state index in [0.29, 0.717) is 0 Å². The van der Waals surface area contributed by atoms with E-state index in [-0.39, 0.29) is 62.7 Å². The van der Waals surface area contributed by atoms with Gasteiger partial charge in [0.2, 0.25) is 0 Å². The minimum Gasteiger partial charge on any atom is -0.384 e. The molecule has 0 saturated carbocycles. The van der Waals surface area contributed by atoms with E-state index in [4.69, 9.17) is 5.26 Å². The minimum absolute atomic E-state index is 0.00636. The topological polar surface area (TPSA) is 195 Å². The number of fused-ring (bicyclic) bond motifs is 3. The molecule has 0 atom stereocenters. The van der Waals surface area contributed by atoms with Gasteiger partial charge in [0, 0.05) is 7.05 Å². The summed E-state index contributed by atoms with van der Waals surface area (Å²) in [7, 11) is 1.57. The molecule has 11 nitrogen and oxygen atoms in total. The molecule has 0 spiro atoms. The van der Waals surface area contributed by atoms with Crippen LogP contribution in [0.25, 0.3) is 22.1 Å². The Morgan fingerprint density at radius 1 is 0.931 bits per heavy atom. The average Bonchev–Trinajstić information content (AvgIpc) is 2.77. The molecular weight excluding hydrogens is 370 g/mol. The van der Waals surface area contributed by atoms with Crippen LogP contribution in [0.4, 0.5) is 11.4 Å². The van der Waals surface area contributed by atoms with Gasteiger partial charge < -0.3 is 5.32 Å². The van der Waals surface area contributed by atoms with Gasteiger partial charge in [-0.05, 0) is 0 Å². The van der Waals surface area contributed by atoms with Crippen LogP contribution in [0.15, 0.2) is 11.2 Å². The van der Waals surface area contributed by atoms with Crippen molar-refractivity contribution in [3.05, 3.63) is 23.3 Å². The number of nitriles is 5. The van der Waals surface area contributed by atoms with Gasteiger partial charge in [-0.2, -0.15) is 26.3 Å². The number of rotatable bonds is 3. The summed E-state index contributed by atoms with van der Waals surface area (Å²) in [5.74, 6) is 0. The van der Waals surface area contributed by atoms with Crippen LogP contribution in [0.1, 0.15) is 23.5 Å². The number of hydrogen-bond acceptors (Lipinski definition) is 11. The summed E-state index contributed by atoms with van der Waals surface area (Å²) < 4.78 is 0. The van der Waals surface area contributed by atoms with E-state index in [1.54, 1.807) is 13.1 Å². The number of aromatic nitrogens is 4. The lowest BCUT2D eigenvalue weighted by Gasteiger charge is -2.12. The Labute approximate surface area is 163 Å². The predicted octanol–water partition coefficient (Wildman–Crippen LogP) is 1.74. The fourth-order valence-corrected chi connectivity index (χ4v) is 2.60. The molecule has 0 amide bonds. The molecule has 1 N–H and O–H groups in total. The highest BCUT2D eigenvalue weighted by Gasteiger charge is 2.21. The largest absolute Gasteiger partial charge is 0.384 e. The van der Waals surface area contributed by atoms with Gasteiger partial charge in [0.15, 0.2) is 17.1 Å². The lowest BCUT2D eigenvalue weighted by molar-refractivity contribution is 1.18. The van der Waals surface area contributed by atoms with Crippen LogP contribution in [-0.4, -0.2) is 32.7 Å². The molecule has 1 aromatic carbocycles. The predicted molar refractivity (Wildman–Crippen MR) is 99.3 cm³/mol. The zero-order valence-corrected chi connectivity index (χ0v) is 14.8. The SMILES string of the molecule is CNc1c(/N=C(/C#N)CC#N)c2ncc(C#N)nc2c2nc(C#N)c(C#N)nc12. The maximum Gasteiger partial charge on any atom is 0.177 e. The third-order valence-electron chi connectivity index (χ3n) is 3.79. The van der Waals surface area contributed by atoms with Crippen molar-refractivity contribution in [2.24, 2.45) is 4.99 Å². The van der Waals surface area contributed by atoms with Crippen molar-refractivity contribution >= 4 is 39.2 Å². The standard InChI is InChI=1S/C18H7N11/c1-24-13-15(26-9(4-20)2-3-19)14-17(27-10(5-21)8-25-14)18-16(13)28-11(6-22)12(7-23)29-18/h8,24H,2H2,1H3/b26-9+. The Kier molecular flexibility index (Phi) is 4.87. The van der Waals surface area contributed by atoms with E-state index in [1.807, 2.05) is 24.3 Å². The lowest BCUT2D eigenvalue weighted by atomic mass is 10.1. The molecule has 0 radical (unpaired) electrons. The van der Waals surface area contributed by atoms with Gasteiger partial charge in [0.25, 0.3) is 0 Å². The summed E-state index contributed by atoms with van der Waals surface area (Å²) in [5.41, 5.74) is 0.571. The summed E-state index contributed by atoms with van der Waals surface area (Å²) in [6, 6.07) is 9.18. The second kappa shape index (κ2) is 7.60. The van der Waals surface area contributed by atoms with Gasteiger partial charge in [0.05, 0.1) is 24.4 Å².